The van der Waals surface area contributed by atoms with Crippen molar-refractivity contribution in [3.8, 4) is 0 Å². The molecule has 0 bridgehead atoms. The Morgan fingerprint density at radius 1 is 1.04 bits per heavy atom. The largest absolute Gasteiger partial charge is 0.356 e. The van der Waals surface area contributed by atoms with Crippen molar-refractivity contribution in [2.45, 2.75) is 25.9 Å². The minimum atomic E-state index is 0.834. The molecule has 2 N–H and O–H groups in total. The van der Waals surface area contributed by atoms with Crippen LogP contribution in [0, 0.1) is 0 Å². The lowest BCUT2D eigenvalue weighted by molar-refractivity contribution is 0.269. The van der Waals surface area contributed by atoms with E-state index in [1.54, 1.807) is 0 Å². The van der Waals surface area contributed by atoms with Gasteiger partial charge in [-0.15, -0.1) is 0 Å². The fourth-order valence-electron chi connectivity index (χ4n) is 3.12. The predicted molar refractivity (Wildman–Crippen MR) is 95.6 cm³/mol. The molecule has 0 aliphatic carbocycles. The van der Waals surface area contributed by atoms with Gasteiger partial charge in [-0.05, 0) is 44.1 Å². The van der Waals surface area contributed by atoms with E-state index in [9.17, 15) is 0 Å². The molecule has 0 saturated carbocycles. The van der Waals surface area contributed by atoms with Crippen molar-refractivity contribution < 1.29 is 0 Å². The molecule has 0 atom stereocenters. The van der Waals surface area contributed by atoms with Gasteiger partial charge in [-0.1, -0.05) is 24.3 Å². The first-order chi connectivity index (χ1) is 11.3. The van der Waals surface area contributed by atoms with Crippen LogP contribution in [0.5, 0.6) is 0 Å². The minimum absolute atomic E-state index is 0.834. The lowest BCUT2D eigenvalue weighted by Gasteiger charge is -2.20. The number of aliphatic imine (C=N–C) groups is 1. The summed E-state index contributed by atoms with van der Waals surface area (Å²) in [5.74, 6) is 0.939. The summed E-state index contributed by atoms with van der Waals surface area (Å²) in [6.45, 7) is 8.63. The number of nitrogens with zero attached hydrogens (tertiary/aromatic N) is 3. The van der Waals surface area contributed by atoms with Crippen molar-refractivity contribution >= 4 is 5.96 Å². The van der Waals surface area contributed by atoms with Crippen LogP contribution >= 0.6 is 0 Å². The summed E-state index contributed by atoms with van der Waals surface area (Å²) in [6, 6.07) is 8.99. The van der Waals surface area contributed by atoms with Gasteiger partial charge < -0.3 is 15.5 Å². The molecule has 0 amide bonds. The Hall–Kier alpha value is -1.59. The molecule has 0 spiro atoms. The number of likely N-dealkylation sites (N-methyl/N-ethyl adjacent to an activating group) is 1. The van der Waals surface area contributed by atoms with E-state index < -0.39 is 0 Å². The van der Waals surface area contributed by atoms with E-state index in [0.29, 0.717) is 0 Å². The quantitative estimate of drug-likeness (QED) is 0.878. The van der Waals surface area contributed by atoms with Gasteiger partial charge in [0.05, 0.1) is 0 Å². The Labute approximate surface area is 139 Å². The first kappa shape index (κ1) is 16.3. The molecule has 0 aromatic heterocycles. The average molecular weight is 315 g/mol. The summed E-state index contributed by atoms with van der Waals surface area (Å²) in [6.07, 6.45) is 2.40. The van der Waals surface area contributed by atoms with E-state index in [4.69, 9.17) is 0 Å². The highest BCUT2D eigenvalue weighted by Crippen LogP contribution is 2.10. The third-order valence-electron chi connectivity index (χ3n) is 4.60. The van der Waals surface area contributed by atoms with E-state index in [-0.39, 0.29) is 0 Å². The topological polar surface area (TPSA) is 42.9 Å². The Morgan fingerprint density at radius 2 is 1.87 bits per heavy atom. The molecule has 0 unspecified atom stereocenters. The molecule has 1 aromatic carbocycles. The zero-order chi connectivity index (χ0) is 15.9. The summed E-state index contributed by atoms with van der Waals surface area (Å²) in [5.41, 5.74) is 2.71. The number of rotatable bonds is 4. The summed E-state index contributed by atoms with van der Waals surface area (Å²) >= 11 is 0. The number of hydrogen-bond donors (Lipinski definition) is 2. The summed E-state index contributed by atoms with van der Waals surface area (Å²) in [7, 11) is 2.22. The highest BCUT2D eigenvalue weighted by molar-refractivity contribution is 5.80. The Balaban J connectivity index is 1.47. The molecule has 126 valence electrons. The zero-order valence-corrected chi connectivity index (χ0v) is 14.2. The molecule has 0 radical (unpaired) electrons. The number of benzene rings is 1. The van der Waals surface area contributed by atoms with E-state index in [1.165, 1.54) is 43.7 Å². The summed E-state index contributed by atoms with van der Waals surface area (Å²) in [5, 5.41) is 6.67. The molecule has 5 nitrogen and oxygen atoms in total. The van der Waals surface area contributed by atoms with Crippen LogP contribution in [0.15, 0.2) is 29.3 Å². The molecule has 23 heavy (non-hydrogen) atoms. The Morgan fingerprint density at radius 3 is 2.65 bits per heavy atom. The van der Waals surface area contributed by atoms with Gasteiger partial charge in [-0.3, -0.25) is 9.89 Å². The predicted octanol–water partition coefficient (Wildman–Crippen LogP) is 1.26. The van der Waals surface area contributed by atoms with Gasteiger partial charge in [0.25, 0.3) is 0 Å². The Kier molecular flexibility index (Phi) is 5.88. The van der Waals surface area contributed by atoms with Crippen molar-refractivity contribution in [3.63, 3.8) is 0 Å². The number of guanidine groups is 1. The number of nitrogens with one attached hydrogen (secondary N) is 2. The standard InChI is InChI=1S/C18H29N5/c1-22-10-3-11-23(13-12-22)15-17-6-4-16(5-7-17)14-21-18-19-8-2-9-20-18/h4-7H,2-3,8-15H2,1H3,(H2,19,20,21). The van der Waals surface area contributed by atoms with Crippen LogP contribution in [0.4, 0.5) is 0 Å². The smallest absolute Gasteiger partial charge is 0.191 e. The van der Waals surface area contributed by atoms with E-state index >= 15 is 0 Å². The first-order valence-corrected chi connectivity index (χ1v) is 8.80. The average Bonchev–Trinajstić information content (AvgIpc) is 2.80. The van der Waals surface area contributed by atoms with E-state index in [0.717, 1.165) is 38.6 Å². The molecule has 5 heteroatoms. The van der Waals surface area contributed by atoms with Gasteiger partial charge in [0, 0.05) is 39.3 Å². The van der Waals surface area contributed by atoms with Crippen LogP contribution in [-0.4, -0.2) is 62.1 Å². The molecule has 2 heterocycles. The van der Waals surface area contributed by atoms with Crippen LogP contribution in [0.25, 0.3) is 0 Å². The third kappa shape index (κ3) is 5.22. The fourth-order valence-corrected chi connectivity index (χ4v) is 3.12. The molecular formula is C18H29N5. The highest BCUT2D eigenvalue weighted by Gasteiger charge is 2.12. The molecule has 1 saturated heterocycles. The van der Waals surface area contributed by atoms with E-state index in [2.05, 4.69) is 56.7 Å². The van der Waals surface area contributed by atoms with Gasteiger partial charge in [0.15, 0.2) is 5.96 Å². The summed E-state index contributed by atoms with van der Waals surface area (Å²) in [4.78, 5) is 9.43. The molecular weight excluding hydrogens is 286 g/mol. The second kappa shape index (κ2) is 8.31. The lowest BCUT2D eigenvalue weighted by atomic mass is 10.1. The Bertz CT molecular complexity index is 511. The van der Waals surface area contributed by atoms with Gasteiger partial charge >= 0.3 is 0 Å². The van der Waals surface area contributed by atoms with Crippen molar-refractivity contribution in [1.29, 1.82) is 0 Å². The molecule has 1 aromatic rings. The normalized spacial score (nSPS) is 20.5. The van der Waals surface area contributed by atoms with Gasteiger partial charge in [0.2, 0.25) is 0 Å². The SMILES string of the molecule is CN1CCCN(Cc2ccc(CNC3=NCCCN3)cc2)CC1. The van der Waals surface area contributed by atoms with Crippen LogP contribution < -0.4 is 10.6 Å². The van der Waals surface area contributed by atoms with Crippen molar-refractivity contribution in [3.05, 3.63) is 35.4 Å². The van der Waals surface area contributed by atoms with Crippen LogP contribution in [0.1, 0.15) is 24.0 Å². The van der Waals surface area contributed by atoms with Crippen molar-refractivity contribution in [1.82, 2.24) is 20.4 Å². The van der Waals surface area contributed by atoms with Crippen molar-refractivity contribution in [2.24, 2.45) is 4.99 Å². The van der Waals surface area contributed by atoms with Crippen LogP contribution in [0.3, 0.4) is 0 Å². The zero-order valence-electron chi connectivity index (χ0n) is 14.2. The first-order valence-electron chi connectivity index (χ1n) is 8.80. The number of hydrogen-bond acceptors (Lipinski definition) is 5. The monoisotopic (exact) mass is 315 g/mol. The lowest BCUT2D eigenvalue weighted by Crippen LogP contribution is -2.40. The van der Waals surface area contributed by atoms with Crippen LogP contribution in [-0.2, 0) is 13.1 Å². The second-order valence-electron chi connectivity index (χ2n) is 6.61. The summed E-state index contributed by atoms with van der Waals surface area (Å²) < 4.78 is 0. The van der Waals surface area contributed by atoms with Crippen LogP contribution in [0.2, 0.25) is 0 Å². The highest BCUT2D eigenvalue weighted by atomic mass is 15.2. The third-order valence-corrected chi connectivity index (χ3v) is 4.60. The molecule has 1 fully saturated rings. The molecule has 3 rings (SSSR count). The maximum absolute atomic E-state index is 4.44. The van der Waals surface area contributed by atoms with Gasteiger partial charge in [0.1, 0.15) is 0 Å². The van der Waals surface area contributed by atoms with Gasteiger partial charge in [-0.2, -0.15) is 0 Å². The van der Waals surface area contributed by atoms with E-state index in [1.807, 2.05) is 0 Å². The molecule has 2 aliphatic heterocycles. The van der Waals surface area contributed by atoms with Gasteiger partial charge in [-0.25, -0.2) is 0 Å². The maximum Gasteiger partial charge on any atom is 0.191 e. The molecule has 2 aliphatic rings. The fraction of sp³-hybridized carbons (Fsp3) is 0.611. The maximum atomic E-state index is 4.44. The minimum Gasteiger partial charge on any atom is -0.356 e. The van der Waals surface area contributed by atoms with Crippen molar-refractivity contribution in [2.75, 3.05) is 46.3 Å². The second-order valence-corrected chi connectivity index (χ2v) is 6.61.